The van der Waals surface area contributed by atoms with Crippen LogP contribution in [0.15, 0.2) is 18.7 Å². The van der Waals surface area contributed by atoms with E-state index in [1.165, 1.54) is 12.8 Å². The van der Waals surface area contributed by atoms with Crippen molar-refractivity contribution in [2.75, 3.05) is 5.43 Å². The van der Waals surface area contributed by atoms with Crippen LogP contribution in [-0.4, -0.2) is 15.7 Å². The summed E-state index contributed by atoms with van der Waals surface area (Å²) in [6.45, 7) is 4.41. The largest absolute Gasteiger partial charge is 0.322 e. The molecule has 0 aromatic carbocycles. The molecule has 1 heterocycles. The molecule has 0 aliphatic rings. The number of hydrogen-bond acceptors (Lipinski definition) is 2. The zero-order valence-electron chi connectivity index (χ0n) is 7.83. The first-order valence-electron chi connectivity index (χ1n) is 4.61. The Labute approximate surface area is 73.8 Å². The lowest BCUT2D eigenvalue weighted by Crippen LogP contribution is -2.25. The molecule has 1 rings (SSSR count). The molecule has 3 nitrogen and oxygen atoms in total. The Hall–Kier alpha value is -0.990. The van der Waals surface area contributed by atoms with Gasteiger partial charge in [0.05, 0.1) is 0 Å². The Morgan fingerprint density at radius 1 is 1.50 bits per heavy atom. The van der Waals surface area contributed by atoms with E-state index in [4.69, 9.17) is 0 Å². The summed E-state index contributed by atoms with van der Waals surface area (Å²) >= 11 is 0. The van der Waals surface area contributed by atoms with Crippen LogP contribution in [0.2, 0.25) is 0 Å². The Morgan fingerprint density at radius 2 is 2.33 bits per heavy atom. The smallest absolute Gasteiger partial charge is 0.114 e. The number of nitrogens with one attached hydrogen (secondary N) is 1. The van der Waals surface area contributed by atoms with Crippen molar-refractivity contribution in [2.24, 2.45) is 0 Å². The van der Waals surface area contributed by atoms with E-state index < -0.39 is 0 Å². The zero-order chi connectivity index (χ0) is 8.81. The van der Waals surface area contributed by atoms with Gasteiger partial charge in [0, 0.05) is 18.4 Å². The van der Waals surface area contributed by atoms with Gasteiger partial charge in [0.15, 0.2) is 0 Å². The van der Waals surface area contributed by atoms with Crippen LogP contribution in [0.4, 0.5) is 0 Å². The maximum atomic E-state index is 3.97. The number of imidazole rings is 1. The van der Waals surface area contributed by atoms with Crippen molar-refractivity contribution in [3.63, 3.8) is 0 Å². The third-order valence-corrected chi connectivity index (χ3v) is 1.97. The predicted molar refractivity (Wildman–Crippen MR) is 50.6 cm³/mol. The lowest BCUT2D eigenvalue weighted by atomic mass is 10.1. The molecule has 1 aromatic heterocycles. The fraction of sp³-hybridized carbons (Fsp3) is 0.667. The fourth-order valence-electron chi connectivity index (χ4n) is 1.25. The second-order valence-corrected chi connectivity index (χ2v) is 2.99. The SMILES string of the molecule is CCCC(CC)Nn1ccnc1. The van der Waals surface area contributed by atoms with Gasteiger partial charge in [-0.1, -0.05) is 20.3 Å². The molecule has 68 valence electrons. The van der Waals surface area contributed by atoms with Crippen molar-refractivity contribution >= 4 is 0 Å². The number of aromatic nitrogens is 2. The van der Waals surface area contributed by atoms with Gasteiger partial charge < -0.3 is 5.43 Å². The zero-order valence-corrected chi connectivity index (χ0v) is 7.83. The second-order valence-electron chi connectivity index (χ2n) is 2.99. The van der Waals surface area contributed by atoms with Gasteiger partial charge in [-0.3, -0.25) is 4.68 Å². The third-order valence-electron chi connectivity index (χ3n) is 1.97. The van der Waals surface area contributed by atoms with E-state index in [2.05, 4.69) is 24.3 Å². The molecule has 1 aromatic rings. The molecule has 0 saturated heterocycles. The molecule has 0 spiro atoms. The van der Waals surface area contributed by atoms with E-state index in [9.17, 15) is 0 Å². The van der Waals surface area contributed by atoms with Gasteiger partial charge >= 0.3 is 0 Å². The first-order chi connectivity index (χ1) is 5.86. The molecule has 0 aliphatic heterocycles. The molecule has 0 fully saturated rings. The minimum absolute atomic E-state index is 0.573. The first-order valence-corrected chi connectivity index (χ1v) is 4.61. The Balaban J connectivity index is 2.37. The summed E-state index contributed by atoms with van der Waals surface area (Å²) in [6, 6.07) is 0.573. The van der Waals surface area contributed by atoms with Crippen molar-refractivity contribution < 1.29 is 0 Å². The molecule has 3 heteroatoms. The summed E-state index contributed by atoms with van der Waals surface area (Å²) in [5.74, 6) is 0. The Kier molecular flexibility index (Phi) is 3.64. The van der Waals surface area contributed by atoms with Crippen molar-refractivity contribution in [3.8, 4) is 0 Å². The van der Waals surface area contributed by atoms with Crippen LogP contribution in [0.25, 0.3) is 0 Å². The van der Waals surface area contributed by atoms with E-state index >= 15 is 0 Å². The molecule has 0 aliphatic carbocycles. The van der Waals surface area contributed by atoms with Gasteiger partial charge in [-0.15, -0.1) is 0 Å². The second kappa shape index (κ2) is 4.80. The highest BCUT2D eigenvalue weighted by molar-refractivity contribution is 4.85. The van der Waals surface area contributed by atoms with E-state index in [1.54, 1.807) is 12.5 Å². The Morgan fingerprint density at radius 3 is 2.83 bits per heavy atom. The predicted octanol–water partition coefficient (Wildman–Crippen LogP) is 2.01. The van der Waals surface area contributed by atoms with Crippen LogP contribution >= 0.6 is 0 Å². The topological polar surface area (TPSA) is 29.9 Å². The van der Waals surface area contributed by atoms with E-state index in [0.717, 1.165) is 6.42 Å². The molecule has 0 saturated carbocycles. The standard InChI is InChI=1S/C9H17N3/c1-3-5-9(4-2)11-12-7-6-10-8-12/h6-9,11H,3-5H2,1-2H3. The van der Waals surface area contributed by atoms with Crippen LogP contribution in [0.1, 0.15) is 33.1 Å². The van der Waals surface area contributed by atoms with Crippen LogP contribution < -0.4 is 5.43 Å². The van der Waals surface area contributed by atoms with Crippen LogP contribution in [0.3, 0.4) is 0 Å². The highest BCUT2D eigenvalue weighted by atomic mass is 15.4. The van der Waals surface area contributed by atoms with Crippen molar-refractivity contribution in [1.29, 1.82) is 0 Å². The number of rotatable bonds is 5. The molecule has 0 bridgehead atoms. The highest BCUT2D eigenvalue weighted by Crippen LogP contribution is 2.02. The third kappa shape index (κ3) is 2.57. The number of hydrogen-bond donors (Lipinski definition) is 1. The van der Waals surface area contributed by atoms with Crippen molar-refractivity contribution in [1.82, 2.24) is 9.66 Å². The highest BCUT2D eigenvalue weighted by Gasteiger charge is 2.02. The Bertz CT molecular complexity index is 194. The van der Waals surface area contributed by atoms with Gasteiger partial charge in [0.25, 0.3) is 0 Å². The lowest BCUT2D eigenvalue weighted by Gasteiger charge is -2.17. The molecule has 1 N–H and O–H groups in total. The first kappa shape index (κ1) is 9.10. The van der Waals surface area contributed by atoms with Crippen LogP contribution in [0.5, 0.6) is 0 Å². The summed E-state index contributed by atoms with van der Waals surface area (Å²) in [4.78, 5) is 3.97. The van der Waals surface area contributed by atoms with E-state index in [-0.39, 0.29) is 0 Å². The van der Waals surface area contributed by atoms with Gasteiger partial charge in [-0.05, 0) is 12.8 Å². The number of nitrogens with zero attached hydrogens (tertiary/aromatic N) is 2. The fourth-order valence-corrected chi connectivity index (χ4v) is 1.25. The average molecular weight is 167 g/mol. The van der Waals surface area contributed by atoms with Gasteiger partial charge in [-0.2, -0.15) is 0 Å². The summed E-state index contributed by atoms with van der Waals surface area (Å²) in [5, 5.41) is 0. The minimum Gasteiger partial charge on any atom is -0.322 e. The maximum Gasteiger partial charge on any atom is 0.114 e. The van der Waals surface area contributed by atoms with Gasteiger partial charge in [-0.25, -0.2) is 4.98 Å². The van der Waals surface area contributed by atoms with Crippen molar-refractivity contribution in [2.45, 2.75) is 39.2 Å². The van der Waals surface area contributed by atoms with Crippen LogP contribution in [-0.2, 0) is 0 Å². The van der Waals surface area contributed by atoms with Crippen LogP contribution in [0, 0.1) is 0 Å². The molecule has 0 radical (unpaired) electrons. The summed E-state index contributed by atoms with van der Waals surface area (Å²) < 4.78 is 1.92. The summed E-state index contributed by atoms with van der Waals surface area (Å²) in [7, 11) is 0. The van der Waals surface area contributed by atoms with Crippen molar-refractivity contribution in [3.05, 3.63) is 18.7 Å². The quantitative estimate of drug-likeness (QED) is 0.727. The van der Waals surface area contributed by atoms with Gasteiger partial charge in [0.2, 0.25) is 0 Å². The molecular weight excluding hydrogens is 150 g/mol. The normalized spacial score (nSPS) is 12.8. The van der Waals surface area contributed by atoms with E-state index in [1.807, 2.05) is 10.9 Å². The maximum absolute atomic E-state index is 3.97. The monoisotopic (exact) mass is 167 g/mol. The molecule has 0 amide bonds. The molecule has 1 atom stereocenters. The summed E-state index contributed by atoms with van der Waals surface area (Å²) in [5.41, 5.74) is 3.36. The van der Waals surface area contributed by atoms with E-state index in [0.29, 0.717) is 6.04 Å². The molecule has 1 unspecified atom stereocenters. The molecular formula is C9H17N3. The summed E-state index contributed by atoms with van der Waals surface area (Å²) in [6.07, 6.45) is 9.10. The lowest BCUT2D eigenvalue weighted by molar-refractivity contribution is 0.567. The average Bonchev–Trinajstić information content (AvgIpc) is 2.56. The minimum atomic E-state index is 0.573. The molecule has 12 heavy (non-hydrogen) atoms. The van der Waals surface area contributed by atoms with Gasteiger partial charge in [0.1, 0.15) is 6.33 Å².